The van der Waals surface area contributed by atoms with Gasteiger partial charge in [0, 0.05) is 48.4 Å². The van der Waals surface area contributed by atoms with Crippen molar-refractivity contribution in [3.8, 4) is 5.75 Å². The molecule has 0 aliphatic rings. The van der Waals surface area contributed by atoms with Crippen molar-refractivity contribution in [2.75, 3.05) is 20.7 Å². The molecule has 4 rings (SSSR count). The van der Waals surface area contributed by atoms with Crippen LogP contribution in [0.25, 0.3) is 0 Å². The predicted octanol–water partition coefficient (Wildman–Crippen LogP) is 5.32. The summed E-state index contributed by atoms with van der Waals surface area (Å²) < 4.78 is 5.40. The molecule has 0 bridgehead atoms. The number of hydrogen-bond donors (Lipinski definition) is 3. The largest absolute Gasteiger partial charge is 0.497 e. The summed E-state index contributed by atoms with van der Waals surface area (Å²) in [6, 6.07) is 25.6. The van der Waals surface area contributed by atoms with Crippen molar-refractivity contribution < 1.29 is 14.6 Å². The molecule has 7 nitrogen and oxygen atoms in total. The molecule has 3 aromatic carbocycles. The first kappa shape index (κ1) is 31.4. The molecule has 0 aliphatic heterocycles. The van der Waals surface area contributed by atoms with Crippen LogP contribution in [-0.4, -0.2) is 53.7 Å². The van der Waals surface area contributed by atoms with Crippen molar-refractivity contribution in [3.63, 3.8) is 0 Å². The molecule has 0 radical (unpaired) electrons. The Hall–Kier alpha value is -3.56. The van der Waals surface area contributed by atoms with E-state index in [2.05, 4.69) is 47.7 Å². The standard InChI is InChI=1S/C34H42N4O3S/c1-24-23-42-32(37-24)22-38(4)33(40)27-14-9-13-26(17-27)20-35-30(18-25-11-7-6-8-12-25)31(39)21-36-34(2,3)28-15-10-16-29(19-28)41-5/h6-17,19,23,30-31,35-36,39H,18,20-22H2,1-5H3/t30-,31+/m0/s1. The number of carbonyl (C=O) groups is 1. The van der Waals surface area contributed by atoms with E-state index in [0.29, 0.717) is 31.6 Å². The Labute approximate surface area is 253 Å². The van der Waals surface area contributed by atoms with Crippen LogP contribution < -0.4 is 15.4 Å². The van der Waals surface area contributed by atoms with Crippen LogP contribution in [0.2, 0.25) is 0 Å². The van der Waals surface area contributed by atoms with Crippen molar-refractivity contribution in [1.29, 1.82) is 0 Å². The van der Waals surface area contributed by atoms with E-state index in [-0.39, 0.29) is 17.5 Å². The topological polar surface area (TPSA) is 86.7 Å². The molecule has 0 fully saturated rings. The molecule has 0 saturated carbocycles. The second-order valence-electron chi connectivity index (χ2n) is 11.2. The van der Waals surface area contributed by atoms with Gasteiger partial charge in [0.2, 0.25) is 0 Å². The molecule has 42 heavy (non-hydrogen) atoms. The highest BCUT2D eigenvalue weighted by Gasteiger charge is 2.25. The molecular weight excluding hydrogens is 544 g/mol. The van der Waals surface area contributed by atoms with Gasteiger partial charge in [-0.1, -0.05) is 54.6 Å². The first-order valence-electron chi connectivity index (χ1n) is 14.2. The highest BCUT2D eigenvalue weighted by atomic mass is 32.1. The summed E-state index contributed by atoms with van der Waals surface area (Å²) in [5.41, 5.74) is 4.43. The average molecular weight is 587 g/mol. The summed E-state index contributed by atoms with van der Waals surface area (Å²) in [6.45, 7) is 7.55. The number of benzene rings is 3. The van der Waals surface area contributed by atoms with E-state index in [0.717, 1.165) is 33.1 Å². The van der Waals surface area contributed by atoms with E-state index in [4.69, 9.17) is 4.74 Å². The van der Waals surface area contributed by atoms with Crippen LogP contribution in [0.5, 0.6) is 5.75 Å². The highest BCUT2D eigenvalue weighted by Crippen LogP contribution is 2.24. The summed E-state index contributed by atoms with van der Waals surface area (Å²) in [4.78, 5) is 19.3. The van der Waals surface area contributed by atoms with Crippen LogP contribution >= 0.6 is 11.3 Å². The molecule has 3 N–H and O–H groups in total. The second-order valence-corrected chi connectivity index (χ2v) is 12.2. The summed E-state index contributed by atoms with van der Waals surface area (Å²) in [6.07, 6.45) is 0.00509. The Morgan fingerprint density at radius 3 is 2.50 bits per heavy atom. The lowest BCUT2D eigenvalue weighted by atomic mass is 9.93. The third kappa shape index (κ3) is 8.72. The number of hydrogen-bond acceptors (Lipinski definition) is 7. The molecule has 0 saturated heterocycles. The van der Waals surface area contributed by atoms with Gasteiger partial charge in [0.15, 0.2) is 0 Å². The van der Waals surface area contributed by atoms with Gasteiger partial charge in [-0.25, -0.2) is 4.98 Å². The van der Waals surface area contributed by atoms with Crippen LogP contribution in [-0.2, 0) is 25.0 Å². The SMILES string of the molecule is COc1cccc(C(C)(C)NC[C@@H](O)[C@H](Cc2ccccc2)NCc2cccc(C(=O)N(C)Cc3nc(C)cs3)c2)c1. The number of carbonyl (C=O) groups excluding carboxylic acids is 1. The number of aromatic nitrogens is 1. The number of ether oxygens (including phenoxy) is 1. The minimum Gasteiger partial charge on any atom is -0.497 e. The van der Waals surface area contributed by atoms with Gasteiger partial charge in [-0.15, -0.1) is 11.3 Å². The van der Waals surface area contributed by atoms with Gasteiger partial charge in [-0.05, 0) is 68.1 Å². The van der Waals surface area contributed by atoms with Crippen molar-refractivity contribution in [2.45, 2.75) is 58.0 Å². The number of methoxy groups -OCH3 is 1. The van der Waals surface area contributed by atoms with Crippen molar-refractivity contribution >= 4 is 17.2 Å². The highest BCUT2D eigenvalue weighted by molar-refractivity contribution is 7.09. The summed E-state index contributed by atoms with van der Waals surface area (Å²) in [5.74, 6) is 0.756. The van der Waals surface area contributed by atoms with Gasteiger partial charge < -0.3 is 25.4 Å². The Bertz CT molecular complexity index is 1440. The first-order valence-corrected chi connectivity index (χ1v) is 15.1. The molecule has 4 aromatic rings. The molecule has 0 aliphatic carbocycles. The lowest BCUT2D eigenvalue weighted by Gasteiger charge is -2.31. The zero-order valence-electron chi connectivity index (χ0n) is 25.1. The van der Waals surface area contributed by atoms with Gasteiger partial charge in [-0.3, -0.25) is 4.79 Å². The minimum atomic E-state index is -0.659. The van der Waals surface area contributed by atoms with Gasteiger partial charge >= 0.3 is 0 Å². The van der Waals surface area contributed by atoms with E-state index >= 15 is 0 Å². The Kier molecular flexibility index (Phi) is 10.9. The Morgan fingerprint density at radius 1 is 1.05 bits per heavy atom. The fourth-order valence-electron chi connectivity index (χ4n) is 4.86. The normalized spacial score (nSPS) is 13.0. The summed E-state index contributed by atoms with van der Waals surface area (Å²) >= 11 is 1.56. The Morgan fingerprint density at radius 2 is 1.79 bits per heavy atom. The summed E-state index contributed by atoms with van der Waals surface area (Å²) in [7, 11) is 3.46. The maximum absolute atomic E-state index is 13.2. The maximum atomic E-state index is 13.2. The van der Waals surface area contributed by atoms with Crippen LogP contribution in [0.4, 0.5) is 0 Å². The van der Waals surface area contributed by atoms with Crippen LogP contribution in [0.1, 0.15) is 51.6 Å². The molecular formula is C34H42N4O3S. The number of nitrogens with one attached hydrogen (secondary N) is 2. The smallest absolute Gasteiger partial charge is 0.253 e. The third-order valence-corrected chi connectivity index (χ3v) is 8.39. The van der Waals surface area contributed by atoms with E-state index < -0.39 is 6.10 Å². The Balaban J connectivity index is 1.42. The van der Waals surface area contributed by atoms with Crippen LogP contribution in [0.3, 0.4) is 0 Å². The second kappa shape index (κ2) is 14.6. The number of thiazole rings is 1. The lowest BCUT2D eigenvalue weighted by Crippen LogP contribution is -2.49. The summed E-state index contributed by atoms with van der Waals surface area (Å²) in [5, 5.41) is 21.4. The number of aryl methyl sites for hydroxylation is 1. The molecule has 1 heterocycles. The van der Waals surface area contributed by atoms with Crippen molar-refractivity contribution in [2.24, 2.45) is 0 Å². The predicted molar refractivity (Wildman–Crippen MR) is 170 cm³/mol. The first-order chi connectivity index (χ1) is 20.1. The number of amides is 1. The van der Waals surface area contributed by atoms with E-state index in [1.807, 2.05) is 73.0 Å². The zero-order valence-corrected chi connectivity index (χ0v) is 25.9. The minimum absolute atomic E-state index is 0.0467. The van der Waals surface area contributed by atoms with Gasteiger partial charge in [0.05, 0.1) is 19.8 Å². The number of nitrogens with zero attached hydrogens (tertiary/aromatic N) is 2. The van der Waals surface area contributed by atoms with Crippen LogP contribution in [0, 0.1) is 6.92 Å². The number of aliphatic hydroxyl groups is 1. The molecule has 0 unspecified atom stereocenters. The lowest BCUT2D eigenvalue weighted by molar-refractivity contribution is 0.0784. The monoisotopic (exact) mass is 586 g/mol. The molecule has 1 amide bonds. The van der Waals surface area contributed by atoms with Gasteiger partial charge in [0.1, 0.15) is 10.8 Å². The van der Waals surface area contributed by atoms with E-state index in [9.17, 15) is 9.90 Å². The molecule has 0 spiro atoms. The number of rotatable bonds is 14. The van der Waals surface area contributed by atoms with E-state index in [1.165, 1.54) is 0 Å². The quantitative estimate of drug-likeness (QED) is 0.186. The van der Waals surface area contributed by atoms with Crippen LogP contribution in [0.15, 0.2) is 84.2 Å². The fraction of sp³-hybridized carbons (Fsp3) is 0.353. The molecule has 2 atom stereocenters. The third-order valence-electron chi connectivity index (χ3n) is 7.44. The molecule has 1 aromatic heterocycles. The zero-order chi connectivity index (χ0) is 30.1. The fourth-order valence-corrected chi connectivity index (χ4v) is 5.69. The molecule has 8 heteroatoms. The number of aliphatic hydroxyl groups excluding tert-OH is 1. The van der Waals surface area contributed by atoms with Gasteiger partial charge in [-0.2, -0.15) is 0 Å². The maximum Gasteiger partial charge on any atom is 0.253 e. The van der Waals surface area contributed by atoms with Crippen molar-refractivity contribution in [3.05, 3.63) is 117 Å². The average Bonchev–Trinajstić information content (AvgIpc) is 3.42. The van der Waals surface area contributed by atoms with E-state index in [1.54, 1.807) is 30.4 Å². The van der Waals surface area contributed by atoms with Crippen molar-refractivity contribution in [1.82, 2.24) is 20.5 Å². The molecule has 222 valence electrons. The van der Waals surface area contributed by atoms with Gasteiger partial charge in [0.25, 0.3) is 5.91 Å².